The predicted molar refractivity (Wildman–Crippen MR) is 79.9 cm³/mol. The molecule has 0 aliphatic carbocycles. The Bertz CT molecular complexity index is 425. The molecule has 1 aromatic carbocycles. The first kappa shape index (κ1) is 14.9. The van der Waals surface area contributed by atoms with E-state index in [1.165, 1.54) is 12.0 Å². The Hall–Kier alpha value is -1.55. The number of ether oxygens (including phenoxy) is 1. The zero-order valence-corrected chi connectivity index (χ0v) is 12.3. The Morgan fingerprint density at radius 3 is 2.85 bits per heavy atom. The van der Waals surface area contributed by atoms with Crippen molar-refractivity contribution in [3.8, 4) is 5.75 Å². The van der Waals surface area contributed by atoms with Crippen LogP contribution in [0.3, 0.4) is 0 Å². The molecule has 2 atom stereocenters. The number of amides is 1. The van der Waals surface area contributed by atoms with E-state index in [2.05, 4.69) is 10.6 Å². The number of carbonyl (C=O) groups is 1. The van der Waals surface area contributed by atoms with Crippen molar-refractivity contribution in [1.82, 2.24) is 10.6 Å². The number of aryl methyl sites for hydroxylation is 1. The van der Waals surface area contributed by atoms with Crippen molar-refractivity contribution in [3.63, 3.8) is 0 Å². The molecule has 0 spiro atoms. The number of hydrogen-bond donors (Lipinski definition) is 2. The Morgan fingerprint density at radius 1 is 1.45 bits per heavy atom. The molecule has 1 aliphatic rings. The minimum Gasteiger partial charge on any atom is -0.481 e. The number of nitrogens with one attached hydrogen (secondary N) is 2. The molecule has 2 unspecified atom stereocenters. The normalized spacial score (nSPS) is 19.6. The summed E-state index contributed by atoms with van der Waals surface area (Å²) in [4.78, 5) is 11.9. The molecule has 1 amide bonds. The van der Waals surface area contributed by atoms with Gasteiger partial charge in [-0.05, 0) is 57.8 Å². The van der Waals surface area contributed by atoms with Crippen LogP contribution < -0.4 is 15.4 Å². The van der Waals surface area contributed by atoms with Gasteiger partial charge in [-0.15, -0.1) is 0 Å². The zero-order chi connectivity index (χ0) is 14.4. The van der Waals surface area contributed by atoms with Gasteiger partial charge >= 0.3 is 0 Å². The van der Waals surface area contributed by atoms with Crippen LogP contribution in [0.1, 0.15) is 25.3 Å². The highest BCUT2D eigenvalue weighted by Gasteiger charge is 2.17. The van der Waals surface area contributed by atoms with Crippen LogP contribution in [0.4, 0.5) is 0 Å². The lowest BCUT2D eigenvalue weighted by Crippen LogP contribution is -2.37. The third-order valence-corrected chi connectivity index (χ3v) is 3.72. The Kier molecular flexibility index (Phi) is 5.41. The van der Waals surface area contributed by atoms with E-state index in [-0.39, 0.29) is 5.91 Å². The highest BCUT2D eigenvalue weighted by molar-refractivity contribution is 5.80. The molecule has 1 aliphatic heterocycles. The first-order valence-electron chi connectivity index (χ1n) is 7.37. The second-order valence-electron chi connectivity index (χ2n) is 5.51. The number of rotatable bonds is 6. The van der Waals surface area contributed by atoms with E-state index in [1.807, 2.05) is 31.2 Å². The van der Waals surface area contributed by atoms with Crippen LogP contribution in [0.2, 0.25) is 0 Å². The molecule has 0 saturated carbocycles. The Morgan fingerprint density at radius 2 is 2.20 bits per heavy atom. The highest BCUT2D eigenvalue weighted by atomic mass is 16.5. The summed E-state index contributed by atoms with van der Waals surface area (Å²) in [5.74, 6) is 1.39. The summed E-state index contributed by atoms with van der Waals surface area (Å²) in [5, 5.41) is 6.28. The Balaban J connectivity index is 1.69. The summed E-state index contributed by atoms with van der Waals surface area (Å²) in [6.45, 7) is 6.72. The summed E-state index contributed by atoms with van der Waals surface area (Å²) < 4.78 is 5.63. The van der Waals surface area contributed by atoms with Crippen molar-refractivity contribution < 1.29 is 9.53 Å². The van der Waals surface area contributed by atoms with Gasteiger partial charge in [-0.1, -0.05) is 17.7 Å². The molecule has 2 N–H and O–H groups in total. The van der Waals surface area contributed by atoms with Gasteiger partial charge in [0, 0.05) is 6.54 Å². The van der Waals surface area contributed by atoms with Crippen LogP contribution in [-0.2, 0) is 4.79 Å². The van der Waals surface area contributed by atoms with Crippen molar-refractivity contribution in [2.45, 2.75) is 32.8 Å². The van der Waals surface area contributed by atoms with Crippen molar-refractivity contribution >= 4 is 5.91 Å². The molecular formula is C16H24N2O2. The third kappa shape index (κ3) is 4.53. The maximum absolute atomic E-state index is 11.9. The van der Waals surface area contributed by atoms with Gasteiger partial charge in [-0.3, -0.25) is 4.79 Å². The van der Waals surface area contributed by atoms with Gasteiger partial charge < -0.3 is 15.4 Å². The fourth-order valence-corrected chi connectivity index (χ4v) is 2.38. The van der Waals surface area contributed by atoms with Crippen molar-refractivity contribution in [3.05, 3.63) is 29.8 Å². The van der Waals surface area contributed by atoms with Crippen LogP contribution in [-0.4, -0.2) is 31.6 Å². The summed E-state index contributed by atoms with van der Waals surface area (Å²) in [7, 11) is 0. The van der Waals surface area contributed by atoms with E-state index in [0.717, 1.165) is 31.8 Å². The number of hydrogen-bond acceptors (Lipinski definition) is 3. The van der Waals surface area contributed by atoms with Crippen LogP contribution >= 0.6 is 0 Å². The van der Waals surface area contributed by atoms with Crippen LogP contribution in [0, 0.1) is 12.8 Å². The lowest BCUT2D eigenvalue weighted by molar-refractivity contribution is -0.127. The van der Waals surface area contributed by atoms with Gasteiger partial charge in [0.25, 0.3) is 5.91 Å². The smallest absolute Gasteiger partial charge is 0.260 e. The van der Waals surface area contributed by atoms with Gasteiger partial charge in [0.2, 0.25) is 0 Å². The molecule has 1 fully saturated rings. The highest BCUT2D eigenvalue weighted by Crippen LogP contribution is 2.14. The number of carbonyl (C=O) groups excluding carboxylic acids is 1. The lowest BCUT2D eigenvalue weighted by atomic mass is 10.1. The molecule has 20 heavy (non-hydrogen) atoms. The minimum atomic E-state index is -0.459. The first-order chi connectivity index (χ1) is 9.65. The Labute approximate surface area is 120 Å². The molecule has 1 saturated heterocycles. The molecule has 1 heterocycles. The number of benzene rings is 1. The average molecular weight is 276 g/mol. The summed E-state index contributed by atoms with van der Waals surface area (Å²) in [6.07, 6.45) is 1.79. The standard InChI is InChI=1S/C16H24N2O2/c1-12-3-5-15(6-4-12)20-13(2)16(19)18-10-8-14-7-9-17-11-14/h3-6,13-14,17H,7-11H2,1-2H3,(H,18,19). The van der Waals surface area contributed by atoms with E-state index in [1.54, 1.807) is 6.92 Å². The summed E-state index contributed by atoms with van der Waals surface area (Å²) in [6, 6.07) is 7.74. The molecule has 2 rings (SSSR count). The maximum atomic E-state index is 11.9. The van der Waals surface area contributed by atoms with Crippen LogP contribution in [0.25, 0.3) is 0 Å². The second kappa shape index (κ2) is 7.29. The molecule has 4 nitrogen and oxygen atoms in total. The molecule has 110 valence electrons. The minimum absolute atomic E-state index is 0.0449. The third-order valence-electron chi connectivity index (χ3n) is 3.72. The molecule has 0 radical (unpaired) electrons. The predicted octanol–water partition coefficient (Wildman–Crippen LogP) is 1.88. The summed E-state index contributed by atoms with van der Waals surface area (Å²) in [5.41, 5.74) is 1.18. The van der Waals surface area contributed by atoms with Gasteiger partial charge in [0.1, 0.15) is 5.75 Å². The van der Waals surface area contributed by atoms with Crippen LogP contribution in [0.15, 0.2) is 24.3 Å². The van der Waals surface area contributed by atoms with Gasteiger partial charge in [0.15, 0.2) is 6.10 Å². The van der Waals surface area contributed by atoms with Crippen LogP contribution in [0.5, 0.6) is 5.75 Å². The van der Waals surface area contributed by atoms with Crippen molar-refractivity contribution in [2.24, 2.45) is 5.92 Å². The van der Waals surface area contributed by atoms with Crippen molar-refractivity contribution in [2.75, 3.05) is 19.6 Å². The monoisotopic (exact) mass is 276 g/mol. The fourth-order valence-electron chi connectivity index (χ4n) is 2.38. The van der Waals surface area contributed by atoms with E-state index in [9.17, 15) is 4.79 Å². The topological polar surface area (TPSA) is 50.4 Å². The van der Waals surface area contributed by atoms with Gasteiger partial charge in [0.05, 0.1) is 0 Å². The second-order valence-corrected chi connectivity index (χ2v) is 5.51. The molecule has 0 bridgehead atoms. The van der Waals surface area contributed by atoms with E-state index < -0.39 is 6.10 Å². The van der Waals surface area contributed by atoms with E-state index in [0.29, 0.717) is 5.92 Å². The first-order valence-corrected chi connectivity index (χ1v) is 7.37. The fraction of sp³-hybridized carbons (Fsp3) is 0.562. The van der Waals surface area contributed by atoms with E-state index >= 15 is 0 Å². The quantitative estimate of drug-likeness (QED) is 0.834. The van der Waals surface area contributed by atoms with E-state index in [4.69, 9.17) is 4.74 Å². The van der Waals surface area contributed by atoms with Gasteiger partial charge in [-0.2, -0.15) is 0 Å². The lowest BCUT2D eigenvalue weighted by Gasteiger charge is -2.15. The molecule has 4 heteroatoms. The van der Waals surface area contributed by atoms with Crippen molar-refractivity contribution in [1.29, 1.82) is 0 Å². The molecule has 0 aromatic heterocycles. The molecule has 1 aromatic rings. The largest absolute Gasteiger partial charge is 0.481 e. The SMILES string of the molecule is Cc1ccc(OC(C)C(=O)NCCC2CCNC2)cc1. The molecular weight excluding hydrogens is 252 g/mol. The van der Waals surface area contributed by atoms with Gasteiger partial charge in [-0.25, -0.2) is 0 Å². The zero-order valence-electron chi connectivity index (χ0n) is 12.3. The summed E-state index contributed by atoms with van der Waals surface area (Å²) >= 11 is 0. The maximum Gasteiger partial charge on any atom is 0.260 e. The average Bonchev–Trinajstić information content (AvgIpc) is 2.94.